The fourth-order valence-corrected chi connectivity index (χ4v) is 1.18. The summed E-state index contributed by atoms with van der Waals surface area (Å²) in [6.45, 7) is 5.14. The van der Waals surface area contributed by atoms with Gasteiger partial charge in [-0.05, 0) is 6.42 Å². The zero-order valence-electron chi connectivity index (χ0n) is 12.4. The Kier molecular flexibility index (Phi) is 13.9. The highest BCUT2D eigenvalue weighted by atomic mass is 16.6. The Labute approximate surface area is 124 Å². The van der Waals surface area contributed by atoms with Gasteiger partial charge in [0.15, 0.2) is 0 Å². The predicted molar refractivity (Wildman–Crippen MR) is 75.1 cm³/mol. The number of carbonyl (C=O) groups is 2. The van der Waals surface area contributed by atoms with Crippen molar-refractivity contribution in [2.24, 2.45) is 0 Å². The van der Waals surface area contributed by atoms with Gasteiger partial charge in [-0.15, -0.1) is 0 Å². The molecule has 0 saturated heterocycles. The Bertz CT molecular complexity index is 302. The van der Waals surface area contributed by atoms with Gasteiger partial charge in [-0.3, -0.25) is 0 Å². The Morgan fingerprint density at radius 1 is 0.857 bits per heavy atom. The van der Waals surface area contributed by atoms with E-state index in [1.54, 1.807) is 0 Å². The first kappa shape index (κ1) is 19.6. The normalized spacial score (nSPS) is 10.9. The summed E-state index contributed by atoms with van der Waals surface area (Å²) >= 11 is 0. The maximum Gasteiger partial charge on any atom is 0.331 e. The summed E-state index contributed by atoms with van der Waals surface area (Å²) < 4.78 is 20.5. The predicted octanol–water partition coefficient (Wildman–Crippen LogP) is 1.02. The first-order chi connectivity index (χ1) is 10.2. The van der Waals surface area contributed by atoms with Crippen LogP contribution in [0.4, 0.5) is 0 Å². The van der Waals surface area contributed by atoms with Crippen molar-refractivity contribution >= 4 is 11.9 Å². The number of rotatable bonds is 14. The van der Waals surface area contributed by atoms with Crippen LogP contribution in [0.3, 0.4) is 0 Å². The molecule has 0 radical (unpaired) electrons. The summed E-state index contributed by atoms with van der Waals surface area (Å²) in [4.78, 5) is 21.1. The van der Waals surface area contributed by atoms with Gasteiger partial charge in [0.25, 0.3) is 0 Å². The zero-order valence-corrected chi connectivity index (χ0v) is 12.4. The standard InChI is InChI=1S/C14H24O7/c1-2-3-6-18-7-8-19-9-10-20-11-12-21-14(17)5-4-13(15)16/h4-5H,2-3,6-12H2,1H3,(H,15,16)/b5-4-. The molecule has 0 amide bonds. The van der Waals surface area contributed by atoms with E-state index in [0.717, 1.165) is 31.6 Å². The minimum absolute atomic E-state index is 0.0723. The van der Waals surface area contributed by atoms with Gasteiger partial charge in [-0.2, -0.15) is 0 Å². The number of esters is 1. The maximum absolute atomic E-state index is 11.0. The summed E-state index contributed by atoms with van der Waals surface area (Å²) in [5, 5.41) is 8.29. The van der Waals surface area contributed by atoms with Crippen molar-refractivity contribution in [1.29, 1.82) is 0 Å². The second kappa shape index (κ2) is 15.0. The monoisotopic (exact) mass is 304 g/mol. The SMILES string of the molecule is CCCCOCCOCCOCCOC(=O)/C=C\C(=O)O. The highest BCUT2D eigenvalue weighted by Crippen LogP contribution is 1.88. The summed E-state index contributed by atoms with van der Waals surface area (Å²) in [6.07, 6.45) is 3.75. The molecule has 122 valence electrons. The van der Waals surface area contributed by atoms with Crippen LogP contribution in [0, 0.1) is 0 Å². The molecule has 0 aliphatic carbocycles. The summed E-state index contributed by atoms with van der Waals surface area (Å²) in [6, 6.07) is 0. The zero-order chi connectivity index (χ0) is 15.8. The first-order valence-electron chi connectivity index (χ1n) is 6.97. The van der Waals surface area contributed by atoms with E-state index in [9.17, 15) is 9.59 Å². The van der Waals surface area contributed by atoms with Gasteiger partial charge < -0.3 is 24.1 Å². The molecule has 0 heterocycles. The van der Waals surface area contributed by atoms with E-state index in [4.69, 9.17) is 24.1 Å². The molecule has 0 fully saturated rings. The summed E-state index contributed by atoms with van der Waals surface area (Å²) in [5.41, 5.74) is 0. The third-order valence-electron chi connectivity index (χ3n) is 2.22. The molecule has 0 saturated carbocycles. The van der Waals surface area contributed by atoms with Gasteiger partial charge >= 0.3 is 11.9 Å². The largest absolute Gasteiger partial charge is 0.478 e. The molecule has 21 heavy (non-hydrogen) atoms. The van der Waals surface area contributed by atoms with Crippen LogP contribution in [-0.2, 0) is 28.5 Å². The molecule has 0 unspecified atom stereocenters. The lowest BCUT2D eigenvalue weighted by atomic mass is 10.4. The Morgan fingerprint density at radius 2 is 1.38 bits per heavy atom. The lowest BCUT2D eigenvalue weighted by Crippen LogP contribution is -2.13. The maximum atomic E-state index is 11.0. The molecular formula is C14H24O7. The topological polar surface area (TPSA) is 91.3 Å². The molecule has 7 nitrogen and oxygen atoms in total. The van der Waals surface area contributed by atoms with Crippen LogP contribution in [0.25, 0.3) is 0 Å². The van der Waals surface area contributed by atoms with Gasteiger partial charge in [-0.25, -0.2) is 9.59 Å². The minimum Gasteiger partial charge on any atom is -0.478 e. The molecule has 7 heteroatoms. The second-order valence-electron chi connectivity index (χ2n) is 4.03. The molecule has 0 aromatic heterocycles. The van der Waals surface area contributed by atoms with Gasteiger partial charge in [0.1, 0.15) is 6.61 Å². The van der Waals surface area contributed by atoms with E-state index in [1.807, 2.05) is 0 Å². The molecular weight excluding hydrogens is 280 g/mol. The van der Waals surface area contributed by atoms with Gasteiger partial charge in [0.05, 0.1) is 33.0 Å². The number of unbranched alkanes of at least 4 members (excludes halogenated alkanes) is 1. The van der Waals surface area contributed by atoms with Crippen LogP contribution in [0.2, 0.25) is 0 Å². The average molecular weight is 304 g/mol. The quantitative estimate of drug-likeness (QED) is 0.291. The molecule has 0 spiro atoms. The van der Waals surface area contributed by atoms with Crippen molar-refractivity contribution in [2.75, 3.05) is 46.2 Å². The molecule has 1 N–H and O–H groups in total. The van der Waals surface area contributed by atoms with Crippen molar-refractivity contribution in [3.63, 3.8) is 0 Å². The van der Waals surface area contributed by atoms with Crippen LogP contribution in [0.15, 0.2) is 12.2 Å². The lowest BCUT2D eigenvalue weighted by Gasteiger charge is -2.06. The third-order valence-corrected chi connectivity index (χ3v) is 2.22. The van der Waals surface area contributed by atoms with Gasteiger partial charge in [0, 0.05) is 18.8 Å². The van der Waals surface area contributed by atoms with Crippen LogP contribution >= 0.6 is 0 Å². The molecule has 0 aromatic rings. The summed E-state index contributed by atoms with van der Waals surface area (Å²) in [5.74, 6) is -1.90. The molecule has 0 bridgehead atoms. The van der Waals surface area contributed by atoms with Gasteiger partial charge in [0.2, 0.25) is 0 Å². The first-order valence-corrected chi connectivity index (χ1v) is 6.97. The molecule has 0 rings (SSSR count). The van der Waals surface area contributed by atoms with E-state index in [1.165, 1.54) is 0 Å². The number of carbonyl (C=O) groups excluding carboxylic acids is 1. The van der Waals surface area contributed by atoms with Crippen LogP contribution in [0.5, 0.6) is 0 Å². The van der Waals surface area contributed by atoms with Crippen LogP contribution < -0.4 is 0 Å². The number of carboxylic acid groups (broad SMARTS) is 1. The molecule has 0 aliphatic heterocycles. The van der Waals surface area contributed by atoms with Crippen molar-refractivity contribution in [2.45, 2.75) is 19.8 Å². The number of aliphatic carboxylic acids is 1. The fourth-order valence-electron chi connectivity index (χ4n) is 1.18. The van der Waals surface area contributed by atoms with Crippen LogP contribution in [0.1, 0.15) is 19.8 Å². The Hall–Kier alpha value is -1.44. The Balaban J connectivity index is 3.19. The van der Waals surface area contributed by atoms with E-state index in [-0.39, 0.29) is 13.2 Å². The highest BCUT2D eigenvalue weighted by molar-refractivity contribution is 5.90. The van der Waals surface area contributed by atoms with Crippen molar-refractivity contribution in [3.8, 4) is 0 Å². The van der Waals surface area contributed by atoms with E-state index >= 15 is 0 Å². The van der Waals surface area contributed by atoms with E-state index in [0.29, 0.717) is 26.4 Å². The highest BCUT2D eigenvalue weighted by Gasteiger charge is 1.98. The minimum atomic E-state index is -1.20. The average Bonchev–Trinajstić information content (AvgIpc) is 2.46. The van der Waals surface area contributed by atoms with Crippen molar-refractivity contribution < 1.29 is 33.6 Å². The molecule has 0 aliphatic rings. The second-order valence-corrected chi connectivity index (χ2v) is 4.03. The number of ether oxygens (including phenoxy) is 4. The smallest absolute Gasteiger partial charge is 0.331 e. The number of hydrogen-bond donors (Lipinski definition) is 1. The Morgan fingerprint density at radius 3 is 1.90 bits per heavy atom. The van der Waals surface area contributed by atoms with E-state index in [2.05, 4.69) is 6.92 Å². The van der Waals surface area contributed by atoms with Gasteiger partial charge in [-0.1, -0.05) is 13.3 Å². The van der Waals surface area contributed by atoms with Crippen LogP contribution in [-0.4, -0.2) is 63.3 Å². The van der Waals surface area contributed by atoms with E-state index < -0.39 is 11.9 Å². The summed E-state index contributed by atoms with van der Waals surface area (Å²) in [7, 11) is 0. The van der Waals surface area contributed by atoms with Crippen molar-refractivity contribution in [1.82, 2.24) is 0 Å². The molecule has 0 aromatic carbocycles. The lowest BCUT2D eigenvalue weighted by molar-refractivity contribution is -0.140. The number of carboxylic acids is 1. The van der Waals surface area contributed by atoms with Crippen molar-refractivity contribution in [3.05, 3.63) is 12.2 Å². The number of hydrogen-bond acceptors (Lipinski definition) is 6. The fraction of sp³-hybridized carbons (Fsp3) is 0.714. The molecule has 0 atom stereocenters. The third kappa shape index (κ3) is 16.5.